The number of nitrogen functional groups attached to an aromatic ring is 1. The molecule has 5 heteroatoms. The van der Waals surface area contributed by atoms with Crippen LogP contribution in [0.5, 0.6) is 0 Å². The highest BCUT2D eigenvalue weighted by Gasteiger charge is 2.11. The summed E-state index contributed by atoms with van der Waals surface area (Å²) in [6.07, 6.45) is 5.09. The van der Waals surface area contributed by atoms with E-state index < -0.39 is 0 Å². The Morgan fingerprint density at radius 2 is 1.71 bits per heavy atom. The molecule has 21 heavy (non-hydrogen) atoms. The van der Waals surface area contributed by atoms with Gasteiger partial charge in [0.05, 0.1) is 11.9 Å². The minimum atomic E-state index is 0.506. The van der Waals surface area contributed by atoms with Gasteiger partial charge < -0.3 is 5.73 Å². The summed E-state index contributed by atoms with van der Waals surface area (Å²) in [5.74, 6) is 1.01. The van der Waals surface area contributed by atoms with Gasteiger partial charge in [0.2, 0.25) is 0 Å². The van der Waals surface area contributed by atoms with E-state index in [-0.39, 0.29) is 0 Å². The first-order chi connectivity index (χ1) is 10.1. The van der Waals surface area contributed by atoms with Crippen molar-refractivity contribution < 1.29 is 0 Å². The standard InChI is InChI=1S/C16H17N5/c1-11(2)12-4-6-13(7-5-12)15-14(17)10-21(20-15)16-18-8-3-9-19-16/h3-11H,17H2,1-2H3. The van der Waals surface area contributed by atoms with Crippen molar-refractivity contribution in [2.75, 3.05) is 5.73 Å². The zero-order valence-corrected chi connectivity index (χ0v) is 12.1. The summed E-state index contributed by atoms with van der Waals surface area (Å²) in [6, 6.07) is 10.1. The first-order valence-corrected chi connectivity index (χ1v) is 6.88. The topological polar surface area (TPSA) is 69.6 Å². The summed E-state index contributed by atoms with van der Waals surface area (Å²) in [4.78, 5) is 8.34. The van der Waals surface area contributed by atoms with Crippen LogP contribution >= 0.6 is 0 Å². The smallest absolute Gasteiger partial charge is 0.250 e. The first-order valence-electron chi connectivity index (χ1n) is 6.88. The molecule has 0 aliphatic carbocycles. The molecule has 3 rings (SSSR count). The van der Waals surface area contributed by atoms with E-state index in [9.17, 15) is 0 Å². The molecule has 0 atom stereocenters. The maximum Gasteiger partial charge on any atom is 0.250 e. The number of benzene rings is 1. The number of nitrogens with two attached hydrogens (primary N) is 1. The van der Waals surface area contributed by atoms with Crippen LogP contribution in [-0.2, 0) is 0 Å². The second kappa shape index (κ2) is 5.36. The molecule has 1 aromatic carbocycles. The number of nitrogens with zero attached hydrogens (tertiary/aromatic N) is 4. The number of aromatic nitrogens is 4. The van der Waals surface area contributed by atoms with Gasteiger partial charge in [0.1, 0.15) is 5.69 Å². The SMILES string of the molecule is CC(C)c1ccc(-c2nn(-c3ncccn3)cc2N)cc1. The van der Waals surface area contributed by atoms with E-state index in [4.69, 9.17) is 5.73 Å². The fraction of sp³-hybridized carbons (Fsp3) is 0.188. The van der Waals surface area contributed by atoms with Gasteiger partial charge >= 0.3 is 0 Å². The van der Waals surface area contributed by atoms with E-state index in [1.807, 2.05) is 12.1 Å². The Kier molecular flexibility index (Phi) is 3.39. The van der Waals surface area contributed by atoms with E-state index in [0.717, 1.165) is 11.3 Å². The highest BCUT2D eigenvalue weighted by molar-refractivity contribution is 5.72. The molecule has 0 spiro atoms. The molecular weight excluding hydrogens is 262 g/mol. The molecule has 2 N–H and O–H groups in total. The van der Waals surface area contributed by atoms with Crippen LogP contribution < -0.4 is 5.73 Å². The molecule has 0 fully saturated rings. The summed E-state index contributed by atoms with van der Waals surface area (Å²) < 4.78 is 1.60. The van der Waals surface area contributed by atoms with Crippen molar-refractivity contribution in [2.24, 2.45) is 0 Å². The maximum absolute atomic E-state index is 6.07. The summed E-state index contributed by atoms with van der Waals surface area (Å²) >= 11 is 0. The molecule has 0 saturated carbocycles. The third kappa shape index (κ3) is 2.63. The molecule has 106 valence electrons. The molecule has 0 aliphatic rings. The zero-order valence-electron chi connectivity index (χ0n) is 12.1. The average molecular weight is 279 g/mol. The third-order valence-electron chi connectivity index (χ3n) is 3.35. The Bertz CT molecular complexity index is 729. The molecule has 0 saturated heterocycles. The maximum atomic E-state index is 6.07. The van der Waals surface area contributed by atoms with Gasteiger partial charge in [-0.2, -0.15) is 5.10 Å². The number of rotatable bonds is 3. The fourth-order valence-corrected chi connectivity index (χ4v) is 2.15. The van der Waals surface area contributed by atoms with Crippen molar-refractivity contribution in [1.29, 1.82) is 0 Å². The Hall–Kier alpha value is -2.69. The van der Waals surface area contributed by atoms with Crippen LogP contribution in [0.1, 0.15) is 25.3 Å². The molecular formula is C16H17N5. The lowest BCUT2D eigenvalue weighted by Crippen LogP contribution is -2.00. The van der Waals surface area contributed by atoms with Crippen LogP contribution in [0.3, 0.4) is 0 Å². The quantitative estimate of drug-likeness (QED) is 0.800. The number of hydrogen-bond acceptors (Lipinski definition) is 4. The van der Waals surface area contributed by atoms with Crippen molar-refractivity contribution in [1.82, 2.24) is 19.7 Å². The van der Waals surface area contributed by atoms with Crippen molar-refractivity contribution in [2.45, 2.75) is 19.8 Å². The van der Waals surface area contributed by atoms with E-state index in [1.165, 1.54) is 5.56 Å². The summed E-state index contributed by atoms with van der Waals surface area (Å²) in [6.45, 7) is 4.34. The fourth-order valence-electron chi connectivity index (χ4n) is 2.15. The number of hydrogen-bond donors (Lipinski definition) is 1. The Morgan fingerprint density at radius 1 is 1.05 bits per heavy atom. The predicted octanol–water partition coefficient (Wildman–Crippen LogP) is 3.03. The van der Waals surface area contributed by atoms with Crippen LogP contribution in [0.2, 0.25) is 0 Å². The Labute approximate surface area is 123 Å². The van der Waals surface area contributed by atoms with E-state index in [2.05, 4.69) is 41.0 Å². The Balaban J connectivity index is 1.98. The normalized spacial score (nSPS) is 11.0. The van der Waals surface area contributed by atoms with Crippen LogP contribution in [-0.4, -0.2) is 19.7 Å². The molecule has 0 unspecified atom stereocenters. The summed E-state index contributed by atoms with van der Waals surface area (Å²) in [5, 5.41) is 4.49. The van der Waals surface area contributed by atoms with Gasteiger partial charge in [-0.3, -0.25) is 0 Å². The molecule has 2 aromatic heterocycles. The van der Waals surface area contributed by atoms with Gasteiger partial charge in [-0.25, -0.2) is 14.6 Å². The van der Waals surface area contributed by atoms with E-state index in [0.29, 0.717) is 17.6 Å². The van der Waals surface area contributed by atoms with Crippen molar-refractivity contribution >= 4 is 5.69 Å². The molecule has 2 heterocycles. The Morgan fingerprint density at radius 3 is 2.33 bits per heavy atom. The second-order valence-electron chi connectivity index (χ2n) is 5.20. The highest BCUT2D eigenvalue weighted by Crippen LogP contribution is 2.26. The monoisotopic (exact) mass is 279 g/mol. The molecule has 0 radical (unpaired) electrons. The third-order valence-corrected chi connectivity index (χ3v) is 3.35. The molecule has 0 amide bonds. The van der Waals surface area contributed by atoms with Crippen LogP contribution in [0.15, 0.2) is 48.9 Å². The van der Waals surface area contributed by atoms with Crippen LogP contribution in [0.4, 0.5) is 5.69 Å². The zero-order chi connectivity index (χ0) is 14.8. The van der Waals surface area contributed by atoms with Crippen LogP contribution in [0.25, 0.3) is 17.2 Å². The molecule has 0 bridgehead atoms. The summed E-state index contributed by atoms with van der Waals surface area (Å²) in [5.41, 5.74) is 9.72. The van der Waals surface area contributed by atoms with Crippen molar-refractivity contribution in [3.05, 3.63) is 54.5 Å². The molecule has 5 nitrogen and oxygen atoms in total. The average Bonchev–Trinajstić information content (AvgIpc) is 2.90. The highest BCUT2D eigenvalue weighted by atomic mass is 15.3. The predicted molar refractivity (Wildman–Crippen MR) is 83.1 cm³/mol. The van der Waals surface area contributed by atoms with Gasteiger partial charge in [-0.05, 0) is 17.5 Å². The lowest BCUT2D eigenvalue weighted by atomic mass is 10.0. The lowest BCUT2D eigenvalue weighted by molar-refractivity contribution is 0.811. The van der Waals surface area contributed by atoms with Crippen LogP contribution in [0, 0.1) is 0 Å². The van der Waals surface area contributed by atoms with Crippen molar-refractivity contribution in [3.8, 4) is 17.2 Å². The van der Waals surface area contributed by atoms with Crippen molar-refractivity contribution in [3.63, 3.8) is 0 Å². The minimum absolute atomic E-state index is 0.506. The van der Waals surface area contributed by atoms with Gasteiger partial charge in [-0.1, -0.05) is 38.1 Å². The largest absolute Gasteiger partial charge is 0.396 e. The van der Waals surface area contributed by atoms with Gasteiger partial charge in [0.25, 0.3) is 5.95 Å². The van der Waals surface area contributed by atoms with Gasteiger partial charge in [0, 0.05) is 18.0 Å². The second-order valence-corrected chi connectivity index (χ2v) is 5.20. The number of anilines is 1. The van der Waals surface area contributed by atoms with E-state index in [1.54, 1.807) is 29.3 Å². The molecule has 0 aliphatic heterocycles. The summed E-state index contributed by atoms with van der Waals surface area (Å²) in [7, 11) is 0. The first kappa shape index (κ1) is 13.3. The molecule has 3 aromatic rings. The minimum Gasteiger partial charge on any atom is -0.396 e. The van der Waals surface area contributed by atoms with Gasteiger partial charge in [-0.15, -0.1) is 0 Å². The lowest BCUT2D eigenvalue weighted by Gasteiger charge is -2.05. The van der Waals surface area contributed by atoms with Gasteiger partial charge in [0.15, 0.2) is 0 Å². The van der Waals surface area contributed by atoms with E-state index >= 15 is 0 Å².